The average Bonchev–Trinajstić information content (AvgIpc) is 4.00. The van der Waals surface area contributed by atoms with Crippen molar-refractivity contribution in [2.24, 2.45) is 0 Å². The number of imide groups is 1. The standard InChI is InChI=1S/C44H46FN9O7S/c45-27-5-8-36(55)32(22-27)39(41(59)49-44-47-14-21-62-44)54-24-26-4-6-29(23-31(26)43(54)61)50-15-11-28(12-16-50)51-17-19-52(20-18-51)38(57)10-13-46-34-3-1-2-30-33(34)25-53(42(30)60)35-7-9-37(56)48-40(35)58/h1-6,8,14,21-23,28,35,39,46,55H,7,9-13,15-20,24-25H2,(H,47,49,59)(H,48,56,58). The van der Waals surface area contributed by atoms with E-state index in [-0.39, 0.29) is 54.5 Å². The second-order valence-electron chi connectivity index (χ2n) is 16.3. The zero-order valence-electron chi connectivity index (χ0n) is 33.8. The largest absolute Gasteiger partial charge is 0.508 e. The van der Waals surface area contributed by atoms with Gasteiger partial charge in [-0.1, -0.05) is 12.1 Å². The highest BCUT2D eigenvalue weighted by Gasteiger charge is 2.41. The van der Waals surface area contributed by atoms with Crippen molar-refractivity contribution in [1.29, 1.82) is 0 Å². The number of fused-ring (bicyclic) bond motifs is 2. The summed E-state index contributed by atoms with van der Waals surface area (Å²) in [6.07, 6.45) is 4.14. The molecule has 9 rings (SSSR count). The highest BCUT2D eigenvalue weighted by molar-refractivity contribution is 7.13. The molecule has 322 valence electrons. The first-order valence-corrected chi connectivity index (χ1v) is 21.8. The maximum Gasteiger partial charge on any atom is 0.255 e. The summed E-state index contributed by atoms with van der Waals surface area (Å²) >= 11 is 1.21. The maximum atomic E-state index is 14.4. The second-order valence-corrected chi connectivity index (χ2v) is 17.1. The van der Waals surface area contributed by atoms with Crippen LogP contribution in [0.2, 0.25) is 0 Å². The molecule has 3 saturated heterocycles. The fraction of sp³-hybridized carbons (Fsp3) is 0.386. The number of piperidine rings is 2. The van der Waals surface area contributed by atoms with E-state index in [1.54, 1.807) is 17.5 Å². The molecule has 0 bridgehead atoms. The third-order valence-corrected chi connectivity index (χ3v) is 13.4. The number of amides is 6. The maximum absolute atomic E-state index is 14.4. The molecule has 1 aromatic heterocycles. The first-order chi connectivity index (χ1) is 30.0. The highest BCUT2D eigenvalue weighted by atomic mass is 32.1. The number of phenols is 1. The van der Waals surface area contributed by atoms with E-state index < -0.39 is 29.7 Å². The van der Waals surface area contributed by atoms with Crippen LogP contribution in [0.25, 0.3) is 0 Å². The lowest BCUT2D eigenvalue weighted by Crippen LogP contribution is -2.54. The number of carbonyl (C=O) groups is 6. The number of benzene rings is 3. The van der Waals surface area contributed by atoms with Crippen LogP contribution in [0.5, 0.6) is 5.75 Å². The quantitative estimate of drug-likeness (QED) is 0.161. The smallest absolute Gasteiger partial charge is 0.255 e. The molecule has 2 unspecified atom stereocenters. The van der Waals surface area contributed by atoms with Crippen LogP contribution in [0.4, 0.5) is 20.9 Å². The molecule has 3 fully saturated rings. The number of thiazole rings is 1. The fourth-order valence-electron chi connectivity index (χ4n) is 9.41. The van der Waals surface area contributed by atoms with Gasteiger partial charge in [-0.3, -0.25) is 44.3 Å². The summed E-state index contributed by atoms with van der Waals surface area (Å²) in [5.41, 5.74) is 4.14. The lowest BCUT2D eigenvalue weighted by atomic mass is 10.0. The first-order valence-electron chi connectivity index (χ1n) is 20.9. The van der Waals surface area contributed by atoms with Crippen molar-refractivity contribution in [2.45, 2.75) is 63.3 Å². The minimum absolute atomic E-state index is 0.0157. The molecule has 5 aliphatic rings. The summed E-state index contributed by atoms with van der Waals surface area (Å²) in [6.45, 7) is 5.14. The van der Waals surface area contributed by atoms with Gasteiger partial charge in [-0.2, -0.15) is 0 Å². The fourth-order valence-corrected chi connectivity index (χ4v) is 9.94. The molecule has 16 nitrogen and oxygen atoms in total. The van der Waals surface area contributed by atoms with E-state index in [1.165, 1.54) is 33.4 Å². The number of anilines is 3. The van der Waals surface area contributed by atoms with Crippen LogP contribution in [0, 0.1) is 5.82 Å². The Morgan fingerprint density at radius 2 is 1.73 bits per heavy atom. The minimum atomic E-state index is -1.30. The van der Waals surface area contributed by atoms with Gasteiger partial charge >= 0.3 is 0 Å². The number of hydrogen-bond donors (Lipinski definition) is 4. The third-order valence-electron chi connectivity index (χ3n) is 12.7. The SMILES string of the molecule is O=C1CCC(N2Cc3c(NCCC(=O)N4CCN(C5CCN(c6ccc7c(c6)C(=O)N(C(C(=O)Nc6nccs6)c6cc(F)ccc6O)C7)CC5)CC4)cccc3C2=O)C(=O)N1. The summed E-state index contributed by atoms with van der Waals surface area (Å²) in [4.78, 5) is 91.9. The number of aromatic nitrogens is 1. The zero-order chi connectivity index (χ0) is 43.1. The number of piperazine rings is 1. The van der Waals surface area contributed by atoms with E-state index in [0.717, 1.165) is 73.7 Å². The Kier molecular flexibility index (Phi) is 11.3. The van der Waals surface area contributed by atoms with E-state index in [9.17, 15) is 38.3 Å². The number of hydrogen-bond acceptors (Lipinski definition) is 12. The first kappa shape index (κ1) is 41.0. The van der Waals surface area contributed by atoms with Crippen LogP contribution in [-0.2, 0) is 32.3 Å². The number of nitrogens with one attached hydrogen (secondary N) is 3. The molecule has 3 aromatic carbocycles. The Labute approximate surface area is 360 Å². The summed E-state index contributed by atoms with van der Waals surface area (Å²) in [5.74, 6) is -2.90. The van der Waals surface area contributed by atoms with E-state index >= 15 is 0 Å². The summed E-state index contributed by atoms with van der Waals surface area (Å²) in [7, 11) is 0. The summed E-state index contributed by atoms with van der Waals surface area (Å²) in [6, 6.07) is 12.9. The van der Waals surface area contributed by atoms with Gasteiger partial charge in [-0.05, 0) is 67.3 Å². The van der Waals surface area contributed by atoms with Crippen LogP contribution in [0.15, 0.2) is 66.2 Å². The zero-order valence-corrected chi connectivity index (χ0v) is 34.7. The Morgan fingerprint density at radius 1 is 0.919 bits per heavy atom. The molecule has 18 heteroatoms. The number of carbonyl (C=O) groups excluding carboxylic acids is 6. The van der Waals surface area contributed by atoms with Crippen LogP contribution in [-0.4, -0.2) is 123 Å². The van der Waals surface area contributed by atoms with Gasteiger partial charge in [-0.25, -0.2) is 9.37 Å². The average molecular weight is 864 g/mol. The monoisotopic (exact) mass is 863 g/mol. The van der Waals surface area contributed by atoms with Gasteiger partial charge in [0.2, 0.25) is 17.7 Å². The molecular formula is C44H46FN9O7S. The Balaban J connectivity index is 0.755. The van der Waals surface area contributed by atoms with Crippen LogP contribution in [0.1, 0.15) is 75.6 Å². The Hall–Kier alpha value is -6.40. The third kappa shape index (κ3) is 8.07. The molecule has 0 radical (unpaired) electrons. The number of rotatable bonds is 11. The van der Waals surface area contributed by atoms with E-state index in [2.05, 4.69) is 30.7 Å². The Morgan fingerprint density at radius 3 is 2.48 bits per heavy atom. The van der Waals surface area contributed by atoms with Gasteiger partial charge in [0.25, 0.3) is 17.7 Å². The van der Waals surface area contributed by atoms with E-state index in [4.69, 9.17) is 0 Å². The second kappa shape index (κ2) is 17.2. The predicted molar refractivity (Wildman–Crippen MR) is 227 cm³/mol. The van der Waals surface area contributed by atoms with Gasteiger partial charge in [0, 0.05) is 123 Å². The van der Waals surface area contributed by atoms with Gasteiger partial charge in [0.05, 0.1) is 0 Å². The van der Waals surface area contributed by atoms with Gasteiger partial charge < -0.3 is 30.0 Å². The lowest BCUT2D eigenvalue weighted by molar-refractivity contribution is -0.137. The molecule has 0 spiro atoms. The Bertz CT molecular complexity index is 2430. The van der Waals surface area contributed by atoms with Crippen molar-refractivity contribution in [3.63, 3.8) is 0 Å². The van der Waals surface area contributed by atoms with Crippen molar-refractivity contribution < 1.29 is 38.3 Å². The topological polar surface area (TPSA) is 188 Å². The molecule has 2 atom stereocenters. The number of phenolic OH excluding ortho intramolecular Hbond substituents is 1. The van der Waals surface area contributed by atoms with Gasteiger partial charge in [0.15, 0.2) is 5.13 Å². The van der Waals surface area contributed by atoms with E-state index in [1.807, 2.05) is 29.2 Å². The molecule has 0 aliphatic carbocycles. The molecular weight excluding hydrogens is 818 g/mol. The molecule has 4 aromatic rings. The van der Waals surface area contributed by atoms with Crippen LogP contribution in [0.3, 0.4) is 0 Å². The normalized spacial score (nSPS) is 20.0. The van der Waals surface area contributed by atoms with Crippen molar-refractivity contribution in [1.82, 2.24) is 29.9 Å². The van der Waals surface area contributed by atoms with Crippen molar-refractivity contribution >= 4 is 63.3 Å². The van der Waals surface area contributed by atoms with Crippen molar-refractivity contribution in [3.05, 3.63) is 99.8 Å². The van der Waals surface area contributed by atoms with Crippen LogP contribution >= 0.6 is 11.3 Å². The highest BCUT2D eigenvalue weighted by Crippen LogP contribution is 2.38. The molecule has 4 N–H and O–H groups in total. The molecule has 0 saturated carbocycles. The summed E-state index contributed by atoms with van der Waals surface area (Å²) < 4.78 is 14.4. The predicted octanol–water partition coefficient (Wildman–Crippen LogP) is 3.70. The van der Waals surface area contributed by atoms with Gasteiger partial charge in [0.1, 0.15) is 23.7 Å². The molecule has 6 heterocycles. The van der Waals surface area contributed by atoms with Crippen molar-refractivity contribution in [2.75, 3.05) is 61.3 Å². The lowest BCUT2D eigenvalue weighted by Gasteiger charge is -2.43. The van der Waals surface area contributed by atoms with Gasteiger partial charge in [-0.15, -0.1) is 11.3 Å². The van der Waals surface area contributed by atoms with Crippen LogP contribution < -0.4 is 20.9 Å². The molecule has 62 heavy (non-hydrogen) atoms. The number of halogens is 1. The van der Waals surface area contributed by atoms with Crippen molar-refractivity contribution in [3.8, 4) is 5.75 Å². The summed E-state index contributed by atoms with van der Waals surface area (Å²) in [5, 5.41) is 21.1. The molecule has 5 aliphatic heterocycles. The van der Waals surface area contributed by atoms with E-state index in [0.29, 0.717) is 54.8 Å². The number of aromatic hydroxyl groups is 1. The molecule has 6 amide bonds. The minimum Gasteiger partial charge on any atom is -0.508 e. The number of nitrogens with zero attached hydrogens (tertiary/aromatic N) is 6.